The van der Waals surface area contributed by atoms with Crippen molar-refractivity contribution in [3.63, 3.8) is 0 Å². The van der Waals surface area contributed by atoms with Gasteiger partial charge in [-0.1, -0.05) is 94.5 Å². The molecule has 0 radical (unpaired) electrons. The minimum absolute atomic E-state index is 0.0816. The quantitative estimate of drug-likeness (QED) is 0.118. The summed E-state index contributed by atoms with van der Waals surface area (Å²) in [6, 6.07) is 15.3. The number of fused-ring (bicyclic) bond motifs is 1. The van der Waals surface area contributed by atoms with E-state index in [2.05, 4.69) is 12.2 Å². The fourth-order valence-electron chi connectivity index (χ4n) is 6.31. The highest BCUT2D eigenvalue weighted by Gasteiger charge is 2.59. The van der Waals surface area contributed by atoms with Gasteiger partial charge in [0.25, 0.3) is 0 Å². The summed E-state index contributed by atoms with van der Waals surface area (Å²) in [7, 11) is 0. The van der Waals surface area contributed by atoms with Crippen LogP contribution < -0.4 is 10.1 Å². The molecule has 47 heavy (non-hydrogen) atoms. The monoisotopic (exact) mass is 672 g/mol. The Morgan fingerprint density at radius 1 is 0.894 bits per heavy atom. The number of hydrogen-bond donors (Lipinski definition) is 1. The van der Waals surface area contributed by atoms with Gasteiger partial charge in [0.2, 0.25) is 0 Å². The number of para-hydroxylation sites is 1. The molecule has 0 spiro atoms. The number of hydrogen-bond acceptors (Lipinski definition) is 7. The fourth-order valence-corrected chi connectivity index (χ4v) is 6.44. The predicted molar refractivity (Wildman–Crippen MR) is 184 cm³/mol. The van der Waals surface area contributed by atoms with E-state index < -0.39 is 42.4 Å². The van der Waals surface area contributed by atoms with Gasteiger partial charge in [0.1, 0.15) is 11.9 Å². The molecule has 1 unspecified atom stereocenters. The second kappa shape index (κ2) is 18.6. The van der Waals surface area contributed by atoms with Crippen molar-refractivity contribution in [1.82, 2.24) is 4.90 Å². The maximum Gasteiger partial charge on any atom is 0.322 e. The van der Waals surface area contributed by atoms with Crippen molar-refractivity contribution in [2.45, 2.75) is 135 Å². The first-order valence-corrected chi connectivity index (χ1v) is 17.8. The zero-order chi connectivity index (χ0) is 33.6. The molecule has 9 nitrogen and oxygen atoms in total. The highest BCUT2D eigenvalue weighted by Crippen LogP contribution is 2.41. The molecule has 2 aromatic carbocycles. The number of amides is 2. The molecule has 0 bridgehead atoms. The summed E-state index contributed by atoms with van der Waals surface area (Å²) in [5.41, 5.74) is 0.595. The number of carbonyl (C=O) groups excluding carboxylic acids is 2. The third-order valence-electron chi connectivity index (χ3n) is 8.61. The number of unbranched alkanes of at least 4 members (excludes halogenated alkanes) is 9. The van der Waals surface area contributed by atoms with Gasteiger partial charge in [-0.15, -0.1) is 0 Å². The number of anilines is 1. The molecule has 5 atom stereocenters. The largest absolute Gasteiger partial charge is 0.485 e. The van der Waals surface area contributed by atoms with Crippen LogP contribution in [0.15, 0.2) is 54.6 Å². The maximum absolute atomic E-state index is 14.1. The summed E-state index contributed by atoms with van der Waals surface area (Å²) in [4.78, 5) is 29.0. The van der Waals surface area contributed by atoms with Crippen LogP contribution in [-0.2, 0) is 23.7 Å². The van der Waals surface area contributed by atoms with E-state index in [1.165, 1.54) is 44.9 Å². The lowest BCUT2D eigenvalue weighted by Gasteiger charge is -2.38. The van der Waals surface area contributed by atoms with Crippen molar-refractivity contribution >= 4 is 29.3 Å². The van der Waals surface area contributed by atoms with E-state index in [-0.39, 0.29) is 19.1 Å². The van der Waals surface area contributed by atoms with E-state index in [1.54, 1.807) is 36.1 Å². The van der Waals surface area contributed by atoms with Crippen molar-refractivity contribution < 1.29 is 33.3 Å². The predicted octanol–water partition coefficient (Wildman–Crippen LogP) is 8.74. The fraction of sp³-hybridized carbons (Fsp3) is 0.622. The van der Waals surface area contributed by atoms with Crippen LogP contribution in [0.4, 0.5) is 10.5 Å². The second-order valence-corrected chi connectivity index (χ2v) is 13.3. The maximum atomic E-state index is 14.1. The number of carbonyl (C=O) groups is 2. The van der Waals surface area contributed by atoms with Crippen LogP contribution in [0, 0.1) is 0 Å². The van der Waals surface area contributed by atoms with Crippen LogP contribution in [0.5, 0.6) is 5.75 Å². The van der Waals surface area contributed by atoms with Gasteiger partial charge in [0, 0.05) is 17.3 Å². The molecule has 2 saturated heterocycles. The van der Waals surface area contributed by atoms with E-state index in [0.717, 1.165) is 19.3 Å². The standard InChI is InChI=1S/C37H53ClN2O7/c1-5-7-8-9-10-11-12-13-14-18-25-40(36(42)39-28-23-21-27(38)22-24-28)30(26-31(41)43-6-2)32-33(44-29-19-16-15-17-20-29)34-35(45-32)47-37(3,4)46-34/h15-17,19-24,30,32-35H,5-14,18,25-26H2,1-4H3,(H,39,42)/t30-,32?,33-,34+,35+/m0/s1. The Hall–Kier alpha value is -2.85. The summed E-state index contributed by atoms with van der Waals surface area (Å²) in [6.07, 6.45) is 8.85. The van der Waals surface area contributed by atoms with Gasteiger partial charge < -0.3 is 33.9 Å². The van der Waals surface area contributed by atoms with E-state index in [4.69, 9.17) is 35.3 Å². The molecule has 2 heterocycles. The Kier molecular flexibility index (Phi) is 14.7. The number of benzene rings is 2. The van der Waals surface area contributed by atoms with Crippen LogP contribution in [-0.4, -0.2) is 66.5 Å². The zero-order valence-electron chi connectivity index (χ0n) is 28.5. The summed E-state index contributed by atoms with van der Waals surface area (Å²) < 4.78 is 30.9. The van der Waals surface area contributed by atoms with Crippen molar-refractivity contribution in [2.24, 2.45) is 0 Å². The number of halogens is 1. The summed E-state index contributed by atoms with van der Waals surface area (Å²) in [5, 5.41) is 3.58. The molecule has 2 aliphatic rings. The zero-order valence-corrected chi connectivity index (χ0v) is 29.2. The van der Waals surface area contributed by atoms with Crippen molar-refractivity contribution in [3.05, 3.63) is 59.6 Å². The van der Waals surface area contributed by atoms with Gasteiger partial charge >= 0.3 is 12.0 Å². The van der Waals surface area contributed by atoms with Crippen molar-refractivity contribution in [1.29, 1.82) is 0 Å². The third kappa shape index (κ3) is 11.4. The van der Waals surface area contributed by atoms with E-state index in [0.29, 0.717) is 23.0 Å². The smallest absolute Gasteiger partial charge is 0.322 e. The molecule has 0 aromatic heterocycles. The Labute approximate surface area is 285 Å². The van der Waals surface area contributed by atoms with Gasteiger partial charge in [-0.25, -0.2) is 4.79 Å². The minimum atomic E-state index is -0.878. The summed E-state index contributed by atoms with van der Waals surface area (Å²) in [5.74, 6) is -0.676. The summed E-state index contributed by atoms with van der Waals surface area (Å²) in [6.45, 7) is 8.30. The first kappa shape index (κ1) is 37.0. The highest BCUT2D eigenvalue weighted by molar-refractivity contribution is 6.30. The first-order chi connectivity index (χ1) is 22.7. The van der Waals surface area contributed by atoms with Crippen LogP contribution in [0.25, 0.3) is 0 Å². The van der Waals surface area contributed by atoms with Gasteiger partial charge in [-0.3, -0.25) is 4.79 Å². The molecule has 0 aliphatic carbocycles. The second-order valence-electron chi connectivity index (χ2n) is 12.9. The topological polar surface area (TPSA) is 95.6 Å². The highest BCUT2D eigenvalue weighted by atomic mass is 35.5. The SMILES string of the molecule is CCCCCCCCCCCCN(C(=O)Nc1ccc(Cl)cc1)[C@@H](CC(=O)OCC)C1O[C@@H]2OC(C)(C)O[C@@H]2[C@H]1Oc1ccccc1. The van der Waals surface area contributed by atoms with Gasteiger partial charge in [0.05, 0.1) is 19.1 Å². The molecular formula is C37H53ClN2O7. The molecule has 2 amide bonds. The Morgan fingerprint density at radius 3 is 2.17 bits per heavy atom. The molecular weight excluding hydrogens is 620 g/mol. The molecule has 2 fully saturated rings. The number of ether oxygens (including phenoxy) is 5. The van der Waals surface area contributed by atoms with Gasteiger partial charge in [-0.2, -0.15) is 0 Å². The van der Waals surface area contributed by atoms with E-state index in [9.17, 15) is 9.59 Å². The molecule has 1 N–H and O–H groups in total. The lowest BCUT2D eigenvalue weighted by atomic mass is 9.98. The number of esters is 1. The molecule has 0 saturated carbocycles. The molecule has 10 heteroatoms. The van der Waals surface area contributed by atoms with Crippen LogP contribution in [0.3, 0.4) is 0 Å². The number of nitrogens with zero attached hydrogens (tertiary/aromatic N) is 1. The molecule has 4 rings (SSSR count). The van der Waals surface area contributed by atoms with E-state index in [1.807, 2.05) is 44.2 Å². The molecule has 2 aliphatic heterocycles. The lowest BCUT2D eigenvalue weighted by molar-refractivity contribution is -0.219. The van der Waals surface area contributed by atoms with Crippen molar-refractivity contribution in [3.8, 4) is 5.75 Å². The molecule has 260 valence electrons. The van der Waals surface area contributed by atoms with Crippen LogP contribution >= 0.6 is 11.6 Å². The van der Waals surface area contributed by atoms with Crippen molar-refractivity contribution in [2.75, 3.05) is 18.5 Å². The Morgan fingerprint density at radius 2 is 1.53 bits per heavy atom. The van der Waals surface area contributed by atoms with E-state index >= 15 is 0 Å². The summed E-state index contributed by atoms with van der Waals surface area (Å²) >= 11 is 6.11. The van der Waals surface area contributed by atoms with Gasteiger partial charge in [0.15, 0.2) is 24.3 Å². The third-order valence-corrected chi connectivity index (χ3v) is 8.86. The number of rotatable bonds is 19. The average Bonchev–Trinajstić information content (AvgIpc) is 3.52. The lowest BCUT2D eigenvalue weighted by Crippen LogP contribution is -2.55. The average molecular weight is 673 g/mol. The van der Waals surface area contributed by atoms with Gasteiger partial charge in [-0.05, 0) is 63.6 Å². The number of urea groups is 1. The minimum Gasteiger partial charge on any atom is -0.485 e. The van der Waals surface area contributed by atoms with Crippen LogP contribution in [0.1, 0.15) is 98.3 Å². The Balaban J connectivity index is 1.56. The number of nitrogens with one attached hydrogen (secondary N) is 1. The normalized spacial score (nSPS) is 22.0. The molecule has 2 aromatic rings. The Bertz CT molecular complexity index is 1230. The first-order valence-electron chi connectivity index (χ1n) is 17.4. The van der Waals surface area contributed by atoms with Crippen LogP contribution in [0.2, 0.25) is 5.02 Å².